The molecule has 2 rings (SSSR count). The van der Waals surface area contributed by atoms with E-state index >= 15 is 0 Å². The Kier molecular flexibility index (Phi) is 7.00. The number of nitrogens with one attached hydrogen (secondary N) is 1. The average molecular weight is 396 g/mol. The van der Waals surface area contributed by atoms with Crippen molar-refractivity contribution in [2.75, 3.05) is 33.7 Å². The van der Waals surface area contributed by atoms with E-state index in [2.05, 4.69) is 19.2 Å². The van der Waals surface area contributed by atoms with Crippen molar-refractivity contribution >= 4 is 21.8 Å². The lowest BCUT2D eigenvalue weighted by atomic mass is 9.95. The first-order chi connectivity index (χ1) is 12.6. The maximum atomic E-state index is 12.7. The highest BCUT2D eigenvalue weighted by atomic mass is 32.2. The summed E-state index contributed by atoms with van der Waals surface area (Å²) in [6, 6.07) is 5.99. The van der Waals surface area contributed by atoms with Crippen molar-refractivity contribution < 1.29 is 18.0 Å². The van der Waals surface area contributed by atoms with Gasteiger partial charge in [0.2, 0.25) is 15.9 Å². The Hall–Kier alpha value is -1.93. The Balaban J connectivity index is 1.95. The summed E-state index contributed by atoms with van der Waals surface area (Å²) in [4.78, 5) is 26.7. The van der Waals surface area contributed by atoms with Crippen molar-refractivity contribution in [3.05, 3.63) is 29.8 Å². The van der Waals surface area contributed by atoms with Crippen molar-refractivity contribution in [3.63, 3.8) is 0 Å². The molecule has 1 aliphatic rings. The van der Waals surface area contributed by atoms with E-state index in [4.69, 9.17) is 0 Å². The standard InChI is InChI=1S/C19H29N3O4S/c1-14(2)13-20-18(23)15-9-11-22(12-10-15)19(24)16-5-7-17(8-6-16)27(25,26)21(3)4/h5-8,14-15H,9-13H2,1-4H3,(H,20,23). The molecule has 150 valence electrons. The number of hydrogen-bond acceptors (Lipinski definition) is 4. The normalized spacial score (nSPS) is 16.0. The number of carbonyl (C=O) groups is 2. The number of sulfonamides is 1. The lowest BCUT2D eigenvalue weighted by Crippen LogP contribution is -2.43. The molecular weight excluding hydrogens is 366 g/mol. The van der Waals surface area contributed by atoms with Crippen LogP contribution >= 0.6 is 0 Å². The molecule has 2 amide bonds. The van der Waals surface area contributed by atoms with Crippen LogP contribution in [0.3, 0.4) is 0 Å². The Bertz CT molecular complexity index is 765. The molecule has 1 saturated heterocycles. The van der Waals surface area contributed by atoms with Gasteiger partial charge in [0.1, 0.15) is 0 Å². The predicted molar refractivity (Wildman–Crippen MR) is 104 cm³/mol. The molecule has 0 bridgehead atoms. The van der Waals surface area contributed by atoms with Crippen LogP contribution in [0.15, 0.2) is 29.2 Å². The van der Waals surface area contributed by atoms with E-state index in [9.17, 15) is 18.0 Å². The van der Waals surface area contributed by atoms with Crippen molar-refractivity contribution in [2.24, 2.45) is 11.8 Å². The second-order valence-electron chi connectivity index (χ2n) is 7.52. The number of nitrogens with zero attached hydrogens (tertiary/aromatic N) is 2. The lowest BCUT2D eigenvalue weighted by Gasteiger charge is -2.31. The van der Waals surface area contributed by atoms with Gasteiger partial charge in [-0.25, -0.2) is 12.7 Å². The Morgan fingerprint density at radius 2 is 1.70 bits per heavy atom. The second-order valence-corrected chi connectivity index (χ2v) is 9.67. The van der Waals surface area contributed by atoms with Crippen LogP contribution in [0.2, 0.25) is 0 Å². The molecule has 0 radical (unpaired) electrons. The first-order valence-corrected chi connectivity index (χ1v) is 10.7. The summed E-state index contributed by atoms with van der Waals surface area (Å²) in [5, 5.41) is 2.95. The molecule has 7 nitrogen and oxygen atoms in total. The number of amides is 2. The Morgan fingerprint density at radius 3 is 2.19 bits per heavy atom. The SMILES string of the molecule is CC(C)CNC(=O)C1CCN(C(=O)c2ccc(S(=O)(=O)N(C)C)cc2)CC1. The largest absolute Gasteiger partial charge is 0.356 e. The highest BCUT2D eigenvalue weighted by molar-refractivity contribution is 7.89. The molecule has 1 N–H and O–H groups in total. The number of carbonyl (C=O) groups excluding carboxylic acids is 2. The maximum Gasteiger partial charge on any atom is 0.253 e. The Morgan fingerprint density at radius 1 is 1.15 bits per heavy atom. The predicted octanol–water partition coefficient (Wildman–Crippen LogP) is 1.56. The minimum absolute atomic E-state index is 0.0552. The molecule has 27 heavy (non-hydrogen) atoms. The summed E-state index contributed by atoms with van der Waals surface area (Å²) in [5.41, 5.74) is 0.454. The van der Waals surface area contributed by atoms with Gasteiger partial charge >= 0.3 is 0 Å². The molecule has 0 aliphatic carbocycles. The molecule has 1 heterocycles. The fraction of sp³-hybridized carbons (Fsp3) is 0.579. The van der Waals surface area contributed by atoms with Gasteiger partial charge in [-0.15, -0.1) is 0 Å². The minimum Gasteiger partial charge on any atom is -0.356 e. The molecule has 0 atom stereocenters. The summed E-state index contributed by atoms with van der Waals surface area (Å²) in [6.07, 6.45) is 1.28. The van der Waals surface area contributed by atoms with Gasteiger partial charge in [-0.2, -0.15) is 0 Å². The van der Waals surface area contributed by atoms with Gasteiger partial charge < -0.3 is 10.2 Å². The van der Waals surface area contributed by atoms with Gasteiger partial charge in [0, 0.05) is 45.2 Å². The third-order valence-electron chi connectivity index (χ3n) is 4.72. The van der Waals surface area contributed by atoms with Gasteiger partial charge in [0.15, 0.2) is 0 Å². The van der Waals surface area contributed by atoms with E-state index in [0.29, 0.717) is 44.0 Å². The fourth-order valence-corrected chi connectivity index (χ4v) is 3.86. The van der Waals surface area contributed by atoms with Crippen LogP contribution < -0.4 is 5.32 Å². The van der Waals surface area contributed by atoms with Crippen LogP contribution in [-0.4, -0.2) is 63.2 Å². The third-order valence-corrected chi connectivity index (χ3v) is 6.55. The van der Waals surface area contributed by atoms with Crippen LogP contribution in [0.25, 0.3) is 0 Å². The summed E-state index contributed by atoms with van der Waals surface area (Å²) >= 11 is 0. The van der Waals surface area contributed by atoms with Crippen molar-refractivity contribution in [1.29, 1.82) is 0 Å². The van der Waals surface area contributed by atoms with E-state index in [-0.39, 0.29) is 22.6 Å². The van der Waals surface area contributed by atoms with Crippen LogP contribution in [0.4, 0.5) is 0 Å². The molecule has 1 aromatic rings. The van der Waals surface area contributed by atoms with Crippen molar-refractivity contribution in [3.8, 4) is 0 Å². The van der Waals surface area contributed by atoms with Gasteiger partial charge in [-0.3, -0.25) is 9.59 Å². The van der Waals surface area contributed by atoms with Gasteiger partial charge in [-0.1, -0.05) is 13.8 Å². The van der Waals surface area contributed by atoms with E-state index in [1.807, 2.05) is 0 Å². The Labute approximate surface area is 161 Å². The van der Waals surface area contributed by atoms with E-state index < -0.39 is 10.0 Å². The molecule has 0 saturated carbocycles. The highest BCUT2D eigenvalue weighted by Crippen LogP contribution is 2.20. The van der Waals surface area contributed by atoms with E-state index in [1.165, 1.54) is 26.2 Å². The van der Waals surface area contributed by atoms with Crippen LogP contribution in [0, 0.1) is 11.8 Å². The van der Waals surface area contributed by atoms with Crippen molar-refractivity contribution in [1.82, 2.24) is 14.5 Å². The molecule has 1 aliphatic heterocycles. The van der Waals surface area contributed by atoms with Gasteiger partial charge in [-0.05, 0) is 43.0 Å². The molecule has 1 aromatic carbocycles. The quantitative estimate of drug-likeness (QED) is 0.792. The molecular formula is C19H29N3O4S. The number of benzene rings is 1. The summed E-state index contributed by atoms with van der Waals surface area (Å²) in [5.74, 6) is 0.286. The lowest BCUT2D eigenvalue weighted by molar-refractivity contribution is -0.126. The van der Waals surface area contributed by atoms with Gasteiger partial charge in [0.25, 0.3) is 5.91 Å². The monoisotopic (exact) mass is 395 g/mol. The number of hydrogen-bond donors (Lipinski definition) is 1. The van der Waals surface area contributed by atoms with E-state index in [0.717, 1.165) is 4.31 Å². The maximum absolute atomic E-state index is 12.7. The number of likely N-dealkylation sites (tertiary alicyclic amines) is 1. The van der Waals surface area contributed by atoms with Gasteiger partial charge in [0.05, 0.1) is 4.90 Å². The zero-order valence-electron chi connectivity index (χ0n) is 16.4. The zero-order valence-corrected chi connectivity index (χ0v) is 17.3. The minimum atomic E-state index is -3.51. The third kappa shape index (κ3) is 5.29. The first-order valence-electron chi connectivity index (χ1n) is 9.22. The topological polar surface area (TPSA) is 86.8 Å². The zero-order chi connectivity index (χ0) is 20.2. The smallest absolute Gasteiger partial charge is 0.253 e. The number of rotatable bonds is 6. The van der Waals surface area contributed by atoms with Crippen LogP contribution in [0.5, 0.6) is 0 Å². The summed E-state index contributed by atoms with van der Waals surface area (Å²) in [7, 11) is -0.573. The van der Waals surface area contributed by atoms with Crippen molar-refractivity contribution in [2.45, 2.75) is 31.6 Å². The molecule has 0 spiro atoms. The van der Waals surface area contributed by atoms with E-state index in [1.54, 1.807) is 17.0 Å². The first kappa shape index (κ1) is 21.4. The highest BCUT2D eigenvalue weighted by Gasteiger charge is 2.28. The fourth-order valence-electron chi connectivity index (χ4n) is 2.96. The average Bonchev–Trinajstić information content (AvgIpc) is 2.65. The number of piperidine rings is 1. The summed E-state index contributed by atoms with van der Waals surface area (Å²) in [6.45, 7) is 5.82. The van der Waals surface area contributed by atoms with Crippen LogP contribution in [0.1, 0.15) is 37.0 Å². The summed E-state index contributed by atoms with van der Waals surface area (Å²) < 4.78 is 25.3. The molecule has 0 aromatic heterocycles. The van der Waals surface area contributed by atoms with Crippen LogP contribution in [-0.2, 0) is 14.8 Å². The molecule has 1 fully saturated rings. The molecule has 0 unspecified atom stereocenters. The second kappa shape index (κ2) is 8.84. The molecule has 8 heteroatoms.